The van der Waals surface area contributed by atoms with Crippen molar-refractivity contribution in [2.75, 3.05) is 19.6 Å². The lowest BCUT2D eigenvalue weighted by atomic mass is 10.1. The van der Waals surface area contributed by atoms with E-state index < -0.39 is 10.2 Å². The van der Waals surface area contributed by atoms with Crippen LogP contribution in [-0.2, 0) is 10.2 Å². The van der Waals surface area contributed by atoms with Crippen LogP contribution in [0.5, 0.6) is 0 Å². The fourth-order valence-electron chi connectivity index (χ4n) is 2.45. The molecule has 0 amide bonds. The molecule has 2 atom stereocenters. The molecule has 2 bridgehead atoms. The predicted octanol–water partition coefficient (Wildman–Crippen LogP) is 0.479. The maximum atomic E-state index is 12.0. The molecule has 2 heterocycles. The largest absolute Gasteiger partial charge is 0.310 e. The molecule has 2 aliphatic rings. The van der Waals surface area contributed by atoms with Crippen LogP contribution in [0.1, 0.15) is 32.6 Å². The average molecular weight is 284 g/mol. The van der Waals surface area contributed by atoms with Gasteiger partial charge in [0.1, 0.15) is 0 Å². The van der Waals surface area contributed by atoms with Crippen molar-refractivity contribution in [3.8, 4) is 0 Å². The van der Waals surface area contributed by atoms with E-state index in [1.165, 1.54) is 6.42 Å². The third-order valence-electron chi connectivity index (χ3n) is 3.36. The highest BCUT2D eigenvalue weighted by Crippen LogP contribution is 2.21. The Kier molecular flexibility index (Phi) is 5.66. The van der Waals surface area contributed by atoms with Gasteiger partial charge in [0, 0.05) is 31.7 Å². The first kappa shape index (κ1) is 15.2. The van der Waals surface area contributed by atoms with Crippen LogP contribution in [0.25, 0.3) is 0 Å². The van der Waals surface area contributed by atoms with Crippen LogP contribution in [-0.4, -0.2) is 44.4 Å². The van der Waals surface area contributed by atoms with E-state index in [1.807, 2.05) is 6.92 Å². The summed E-state index contributed by atoms with van der Waals surface area (Å²) in [5.41, 5.74) is 0. The number of nitrogens with one attached hydrogen (secondary N) is 2. The van der Waals surface area contributed by atoms with Crippen LogP contribution in [0.2, 0.25) is 0 Å². The molecule has 2 rings (SSSR count). The van der Waals surface area contributed by atoms with Crippen molar-refractivity contribution in [3.63, 3.8) is 0 Å². The van der Waals surface area contributed by atoms with Gasteiger partial charge < -0.3 is 5.32 Å². The Labute approximate surface area is 110 Å². The summed E-state index contributed by atoms with van der Waals surface area (Å²) in [5.74, 6) is 0. The molecule has 102 valence electrons. The highest BCUT2D eigenvalue weighted by molar-refractivity contribution is 7.87. The Morgan fingerprint density at radius 1 is 1.29 bits per heavy atom. The molecule has 7 heteroatoms. The Morgan fingerprint density at radius 2 is 2.00 bits per heavy atom. The molecule has 2 fully saturated rings. The summed E-state index contributed by atoms with van der Waals surface area (Å²) in [7, 11) is -3.25. The second-order valence-electron chi connectivity index (χ2n) is 4.68. The van der Waals surface area contributed by atoms with Gasteiger partial charge in [-0.05, 0) is 25.7 Å². The summed E-state index contributed by atoms with van der Waals surface area (Å²) in [5, 5.41) is 3.48. The summed E-state index contributed by atoms with van der Waals surface area (Å²) in [6.45, 7) is 3.76. The minimum Gasteiger partial charge on any atom is -0.310 e. The van der Waals surface area contributed by atoms with Crippen LogP contribution in [0.3, 0.4) is 0 Å². The third kappa shape index (κ3) is 3.79. The molecule has 0 aromatic heterocycles. The van der Waals surface area contributed by atoms with Crippen molar-refractivity contribution in [1.29, 1.82) is 0 Å². The second kappa shape index (κ2) is 6.33. The smallest absolute Gasteiger partial charge is 0.279 e. The Morgan fingerprint density at radius 3 is 2.71 bits per heavy atom. The number of fused-ring (bicyclic) bond motifs is 2. The first-order chi connectivity index (χ1) is 7.62. The molecular formula is C10H22ClN3O2S. The molecule has 2 unspecified atom stereocenters. The van der Waals surface area contributed by atoms with Gasteiger partial charge in [0.05, 0.1) is 0 Å². The van der Waals surface area contributed by atoms with Gasteiger partial charge in [0.25, 0.3) is 10.2 Å². The van der Waals surface area contributed by atoms with Gasteiger partial charge in [-0.3, -0.25) is 0 Å². The third-order valence-corrected chi connectivity index (χ3v) is 4.94. The van der Waals surface area contributed by atoms with E-state index in [-0.39, 0.29) is 12.4 Å². The molecule has 0 saturated carbocycles. The molecule has 2 saturated heterocycles. The zero-order valence-corrected chi connectivity index (χ0v) is 11.8. The van der Waals surface area contributed by atoms with Gasteiger partial charge in [-0.15, -0.1) is 12.4 Å². The van der Waals surface area contributed by atoms with Crippen LogP contribution in [0, 0.1) is 0 Å². The standard InChI is InChI=1S/C10H21N3O2S.ClH/c1-2-6-11-16(14,15)13-7-5-9-3-4-10(8-13)12-9;/h9-12H,2-8H2,1H3;1H. The maximum Gasteiger partial charge on any atom is 0.279 e. The lowest BCUT2D eigenvalue weighted by Crippen LogP contribution is -2.45. The van der Waals surface area contributed by atoms with Crippen LogP contribution in [0.15, 0.2) is 0 Å². The van der Waals surface area contributed by atoms with Crippen LogP contribution in [0.4, 0.5) is 0 Å². The molecular weight excluding hydrogens is 262 g/mol. The Hall–Kier alpha value is 0.120. The van der Waals surface area contributed by atoms with Crippen molar-refractivity contribution in [2.24, 2.45) is 0 Å². The van der Waals surface area contributed by atoms with Gasteiger partial charge in [0.15, 0.2) is 0 Å². The molecule has 2 aliphatic heterocycles. The molecule has 0 spiro atoms. The number of halogens is 1. The lowest BCUT2D eigenvalue weighted by Gasteiger charge is -2.23. The summed E-state index contributed by atoms with van der Waals surface area (Å²) < 4.78 is 28.2. The van der Waals surface area contributed by atoms with Crippen LogP contribution < -0.4 is 10.0 Å². The summed E-state index contributed by atoms with van der Waals surface area (Å²) in [6.07, 6.45) is 4.06. The van der Waals surface area contributed by atoms with E-state index >= 15 is 0 Å². The Balaban J connectivity index is 0.00000144. The van der Waals surface area contributed by atoms with Gasteiger partial charge in [0.2, 0.25) is 0 Å². The number of hydrogen-bond acceptors (Lipinski definition) is 3. The van der Waals surface area contributed by atoms with Gasteiger partial charge in [-0.25, -0.2) is 4.72 Å². The zero-order chi connectivity index (χ0) is 11.6. The van der Waals surface area contributed by atoms with Gasteiger partial charge in [-0.2, -0.15) is 12.7 Å². The monoisotopic (exact) mass is 283 g/mol. The van der Waals surface area contributed by atoms with Crippen molar-refractivity contribution in [2.45, 2.75) is 44.7 Å². The molecule has 0 aromatic rings. The van der Waals surface area contributed by atoms with Crippen LogP contribution >= 0.6 is 12.4 Å². The SMILES string of the molecule is CCCNS(=O)(=O)N1CCC2CCC(C1)N2.Cl. The topological polar surface area (TPSA) is 61.4 Å². The average Bonchev–Trinajstić information content (AvgIpc) is 2.54. The van der Waals surface area contributed by atoms with Crippen molar-refractivity contribution >= 4 is 22.6 Å². The lowest BCUT2D eigenvalue weighted by molar-refractivity contribution is 0.377. The van der Waals surface area contributed by atoms with E-state index in [0.717, 1.165) is 19.3 Å². The van der Waals surface area contributed by atoms with Crippen molar-refractivity contribution in [1.82, 2.24) is 14.3 Å². The van der Waals surface area contributed by atoms with Gasteiger partial charge >= 0.3 is 0 Å². The van der Waals surface area contributed by atoms with E-state index in [2.05, 4.69) is 10.0 Å². The predicted molar refractivity (Wildman–Crippen MR) is 70.6 cm³/mol. The highest BCUT2D eigenvalue weighted by Gasteiger charge is 2.33. The van der Waals surface area contributed by atoms with Crippen molar-refractivity contribution < 1.29 is 8.42 Å². The molecule has 0 radical (unpaired) electrons. The molecule has 5 nitrogen and oxygen atoms in total. The zero-order valence-electron chi connectivity index (χ0n) is 10.2. The number of hydrogen-bond donors (Lipinski definition) is 2. The quantitative estimate of drug-likeness (QED) is 0.789. The maximum absolute atomic E-state index is 12.0. The number of nitrogens with zero attached hydrogens (tertiary/aromatic N) is 1. The number of rotatable bonds is 4. The minimum atomic E-state index is -3.25. The fourth-order valence-corrected chi connectivity index (χ4v) is 3.82. The van der Waals surface area contributed by atoms with E-state index in [9.17, 15) is 8.42 Å². The highest BCUT2D eigenvalue weighted by atomic mass is 35.5. The Bertz CT molecular complexity index is 336. The second-order valence-corrected chi connectivity index (χ2v) is 6.44. The summed E-state index contributed by atoms with van der Waals surface area (Å²) >= 11 is 0. The normalized spacial score (nSPS) is 29.7. The summed E-state index contributed by atoms with van der Waals surface area (Å²) in [4.78, 5) is 0. The first-order valence-corrected chi connectivity index (χ1v) is 7.56. The van der Waals surface area contributed by atoms with Crippen molar-refractivity contribution in [3.05, 3.63) is 0 Å². The minimum absolute atomic E-state index is 0. The summed E-state index contributed by atoms with van der Waals surface area (Å²) in [6, 6.07) is 0.877. The fraction of sp³-hybridized carbons (Fsp3) is 1.00. The molecule has 2 N–H and O–H groups in total. The van der Waals surface area contributed by atoms with Gasteiger partial charge in [-0.1, -0.05) is 6.92 Å². The van der Waals surface area contributed by atoms with E-state index in [0.29, 0.717) is 31.7 Å². The molecule has 0 aliphatic carbocycles. The van der Waals surface area contributed by atoms with E-state index in [1.54, 1.807) is 4.31 Å². The molecule has 0 aromatic carbocycles. The first-order valence-electron chi connectivity index (χ1n) is 6.12. The van der Waals surface area contributed by atoms with E-state index in [4.69, 9.17) is 0 Å². The molecule has 17 heavy (non-hydrogen) atoms.